The molecular formula is C27H24ClN5O4. The molecule has 37 heavy (non-hydrogen) atoms. The number of aromatic amines is 2. The Hall–Kier alpha value is -4.34. The molecule has 10 heteroatoms. The highest BCUT2D eigenvalue weighted by Crippen LogP contribution is 2.33. The fraction of sp³-hybridized carbons (Fsp3) is 0.148. The van der Waals surface area contributed by atoms with E-state index in [0.29, 0.717) is 50.7 Å². The predicted octanol–water partition coefficient (Wildman–Crippen LogP) is 4.65. The summed E-state index contributed by atoms with van der Waals surface area (Å²) in [6.45, 7) is 0.295. The number of aromatic hydroxyl groups is 1. The van der Waals surface area contributed by atoms with Crippen molar-refractivity contribution in [2.45, 2.75) is 0 Å². The van der Waals surface area contributed by atoms with Gasteiger partial charge in [0.1, 0.15) is 0 Å². The molecule has 5 aromatic rings. The van der Waals surface area contributed by atoms with Crippen molar-refractivity contribution in [2.75, 3.05) is 32.6 Å². The number of nitrogens with one attached hydrogen (secondary N) is 2. The monoisotopic (exact) mass is 517 g/mol. The van der Waals surface area contributed by atoms with Gasteiger partial charge in [0.2, 0.25) is 5.91 Å². The van der Waals surface area contributed by atoms with Crippen molar-refractivity contribution in [2.24, 2.45) is 4.99 Å². The molecule has 2 aromatic heterocycles. The first-order valence-corrected chi connectivity index (χ1v) is 11.8. The van der Waals surface area contributed by atoms with E-state index in [-0.39, 0.29) is 11.8 Å². The SMILES string of the molecule is CN(C)CC(=O)N(C)c1ccc(N=C(c2ccc3oc(=O)[nH]c3c2)c2c(O)[nH]c3cc(Cl)ccc23)cc1. The lowest BCUT2D eigenvalue weighted by Crippen LogP contribution is -2.34. The number of H-pyrrole nitrogens is 2. The molecule has 0 spiro atoms. The standard InChI is InChI=1S/C27H24ClN5O4/c1-32(2)14-23(34)33(3)18-8-6-17(7-9-18)29-25(15-4-11-22-21(12-15)31-27(36)37-22)24-19-10-5-16(28)13-20(19)30-26(24)35/h4-13,30,35H,14H2,1-3H3,(H,31,36). The Morgan fingerprint density at radius 1 is 1.00 bits per heavy atom. The van der Waals surface area contributed by atoms with E-state index in [4.69, 9.17) is 21.0 Å². The summed E-state index contributed by atoms with van der Waals surface area (Å²) < 4.78 is 5.14. The van der Waals surface area contributed by atoms with Crippen molar-refractivity contribution in [3.05, 3.63) is 87.4 Å². The van der Waals surface area contributed by atoms with Gasteiger partial charge < -0.3 is 24.3 Å². The van der Waals surface area contributed by atoms with Gasteiger partial charge in [0.05, 0.1) is 34.5 Å². The summed E-state index contributed by atoms with van der Waals surface area (Å²) in [6.07, 6.45) is 0. The highest BCUT2D eigenvalue weighted by atomic mass is 35.5. The van der Waals surface area contributed by atoms with Crippen LogP contribution >= 0.6 is 11.6 Å². The zero-order chi connectivity index (χ0) is 26.3. The summed E-state index contributed by atoms with van der Waals surface area (Å²) in [5.41, 5.74) is 4.52. The van der Waals surface area contributed by atoms with Gasteiger partial charge in [-0.15, -0.1) is 0 Å². The molecule has 0 unspecified atom stereocenters. The van der Waals surface area contributed by atoms with Gasteiger partial charge >= 0.3 is 5.76 Å². The Balaban J connectivity index is 1.63. The smallest absolute Gasteiger partial charge is 0.417 e. The third kappa shape index (κ3) is 4.87. The van der Waals surface area contributed by atoms with Crippen molar-refractivity contribution >= 4 is 56.6 Å². The summed E-state index contributed by atoms with van der Waals surface area (Å²) >= 11 is 6.16. The van der Waals surface area contributed by atoms with Crippen molar-refractivity contribution in [3.8, 4) is 5.88 Å². The highest BCUT2D eigenvalue weighted by Gasteiger charge is 2.20. The van der Waals surface area contributed by atoms with Crippen molar-refractivity contribution in [1.29, 1.82) is 0 Å². The normalized spacial score (nSPS) is 12.1. The van der Waals surface area contributed by atoms with Crippen LogP contribution in [0.1, 0.15) is 11.1 Å². The van der Waals surface area contributed by atoms with E-state index < -0.39 is 5.76 Å². The number of hydrogen-bond acceptors (Lipinski definition) is 6. The average molecular weight is 518 g/mol. The van der Waals surface area contributed by atoms with Gasteiger partial charge in [-0.3, -0.25) is 9.78 Å². The number of nitrogens with zero attached hydrogens (tertiary/aromatic N) is 3. The first-order chi connectivity index (χ1) is 17.7. The Morgan fingerprint density at radius 3 is 2.49 bits per heavy atom. The lowest BCUT2D eigenvalue weighted by atomic mass is 10.0. The Morgan fingerprint density at radius 2 is 1.76 bits per heavy atom. The number of amides is 1. The van der Waals surface area contributed by atoms with Crippen LogP contribution in [0.2, 0.25) is 5.02 Å². The highest BCUT2D eigenvalue weighted by molar-refractivity contribution is 6.31. The molecule has 1 amide bonds. The van der Waals surface area contributed by atoms with Crippen molar-refractivity contribution < 1.29 is 14.3 Å². The maximum atomic E-state index is 12.4. The molecule has 3 aromatic carbocycles. The Bertz CT molecular complexity index is 1710. The number of aliphatic imine (C=N–C) groups is 1. The van der Waals surface area contributed by atoms with E-state index in [2.05, 4.69) is 9.97 Å². The molecule has 0 saturated carbocycles. The van der Waals surface area contributed by atoms with Crippen LogP contribution in [0, 0.1) is 0 Å². The molecule has 2 heterocycles. The van der Waals surface area contributed by atoms with Crippen LogP contribution in [0.15, 0.2) is 74.9 Å². The molecule has 188 valence electrons. The molecule has 0 fully saturated rings. The van der Waals surface area contributed by atoms with E-state index in [0.717, 1.165) is 11.1 Å². The average Bonchev–Trinajstić information content (AvgIpc) is 3.38. The molecule has 0 aliphatic rings. The lowest BCUT2D eigenvalue weighted by molar-refractivity contribution is -0.118. The van der Waals surface area contributed by atoms with E-state index in [1.807, 2.05) is 37.2 Å². The molecule has 5 rings (SSSR count). The largest absolute Gasteiger partial charge is 0.494 e. The minimum Gasteiger partial charge on any atom is -0.494 e. The molecule has 9 nitrogen and oxygen atoms in total. The van der Waals surface area contributed by atoms with Gasteiger partial charge in [0.25, 0.3) is 0 Å². The minimum absolute atomic E-state index is 0.0354. The van der Waals surface area contributed by atoms with Gasteiger partial charge in [-0.2, -0.15) is 0 Å². The lowest BCUT2D eigenvalue weighted by Gasteiger charge is -2.19. The molecule has 0 aliphatic heterocycles. The first-order valence-electron chi connectivity index (χ1n) is 11.4. The number of hydrogen-bond donors (Lipinski definition) is 3. The summed E-state index contributed by atoms with van der Waals surface area (Å²) in [5.74, 6) is -0.659. The number of halogens is 1. The molecule has 0 atom stereocenters. The second kappa shape index (κ2) is 9.61. The zero-order valence-corrected chi connectivity index (χ0v) is 21.1. The number of likely N-dealkylation sites (N-methyl/N-ethyl adjacent to an activating group) is 2. The second-order valence-electron chi connectivity index (χ2n) is 8.93. The number of oxazole rings is 1. The number of carbonyl (C=O) groups is 1. The number of rotatable bonds is 6. The van der Waals surface area contributed by atoms with Crippen LogP contribution in [0.25, 0.3) is 22.0 Å². The number of benzene rings is 3. The molecule has 0 radical (unpaired) electrons. The van der Waals surface area contributed by atoms with Crippen LogP contribution in [-0.4, -0.2) is 59.3 Å². The van der Waals surface area contributed by atoms with Gasteiger partial charge in [-0.1, -0.05) is 17.7 Å². The topological polar surface area (TPSA) is 118 Å². The van der Waals surface area contributed by atoms with E-state index in [1.165, 1.54) is 0 Å². The summed E-state index contributed by atoms with van der Waals surface area (Å²) in [5, 5.41) is 12.2. The van der Waals surface area contributed by atoms with Crippen LogP contribution in [0.4, 0.5) is 11.4 Å². The summed E-state index contributed by atoms with van der Waals surface area (Å²) in [7, 11) is 5.41. The predicted molar refractivity (Wildman–Crippen MR) is 146 cm³/mol. The van der Waals surface area contributed by atoms with E-state index in [9.17, 15) is 14.7 Å². The molecular weight excluding hydrogens is 494 g/mol. The number of aromatic nitrogens is 2. The summed E-state index contributed by atoms with van der Waals surface area (Å²) in [6, 6.07) is 17.7. The number of anilines is 1. The fourth-order valence-corrected chi connectivity index (χ4v) is 4.33. The van der Waals surface area contributed by atoms with Crippen molar-refractivity contribution in [3.63, 3.8) is 0 Å². The molecule has 0 aliphatic carbocycles. The number of carbonyl (C=O) groups excluding carboxylic acids is 1. The summed E-state index contributed by atoms with van der Waals surface area (Å²) in [4.78, 5) is 38.0. The quantitative estimate of drug-likeness (QED) is 0.283. The fourth-order valence-electron chi connectivity index (χ4n) is 4.16. The van der Waals surface area contributed by atoms with Crippen LogP contribution < -0.4 is 10.7 Å². The van der Waals surface area contributed by atoms with E-state index in [1.54, 1.807) is 54.4 Å². The van der Waals surface area contributed by atoms with E-state index >= 15 is 0 Å². The minimum atomic E-state index is -0.557. The zero-order valence-electron chi connectivity index (χ0n) is 20.4. The van der Waals surface area contributed by atoms with Crippen LogP contribution in [0.3, 0.4) is 0 Å². The Kier molecular flexibility index (Phi) is 6.32. The van der Waals surface area contributed by atoms with Gasteiger partial charge in [-0.25, -0.2) is 9.79 Å². The van der Waals surface area contributed by atoms with Crippen LogP contribution in [0.5, 0.6) is 5.88 Å². The van der Waals surface area contributed by atoms with Gasteiger partial charge in [0.15, 0.2) is 11.5 Å². The molecule has 0 saturated heterocycles. The maximum absolute atomic E-state index is 12.4. The maximum Gasteiger partial charge on any atom is 0.417 e. The third-order valence-electron chi connectivity index (χ3n) is 5.97. The van der Waals surface area contributed by atoms with Gasteiger partial charge in [0, 0.05) is 28.7 Å². The first kappa shape index (κ1) is 24.4. The molecule has 0 bridgehead atoms. The second-order valence-corrected chi connectivity index (χ2v) is 9.37. The third-order valence-corrected chi connectivity index (χ3v) is 6.21. The Labute approximate surface area is 216 Å². The van der Waals surface area contributed by atoms with Crippen LogP contribution in [-0.2, 0) is 4.79 Å². The van der Waals surface area contributed by atoms with Crippen molar-refractivity contribution in [1.82, 2.24) is 14.9 Å². The number of fused-ring (bicyclic) bond motifs is 2. The molecule has 3 N–H and O–H groups in total. The van der Waals surface area contributed by atoms with Gasteiger partial charge in [-0.05, 0) is 68.7 Å².